The van der Waals surface area contributed by atoms with Gasteiger partial charge in [0.25, 0.3) is 0 Å². The number of nitrogens with one attached hydrogen (secondary N) is 1. The lowest BCUT2D eigenvalue weighted by Crippen LogP contribution is -2.17. The molecule has 0 saturated heterocycles. The van der Waals surface area contributed by atoms with Crippen LogP contribution in [0.25, 0.3) is 0 Å². The highest BCUT2D eigenvalue weighted by atomic mass is 16.5. The highest BCUT2D eigenvalue weighted by Crippen LogP contribution is 2.30. The molecule has 0 unspecified atom stereocenters. The summed E-state index contributed by atoms with van der Waals surface area (Å²) in [5.74, 6) is 2.50. The first kappa shape index (κ1) is 17.2. The van der Waals surface area contributed by atoms with Gasteiger partial charge in [0.15, 0.2) is 11.5 Å². The van der Waals surface area contributed by atoms with E-state index in [-0.39, 0.29) is 0 Å². The van der Waals surface area contributed by atoms with Crippen LogP contribution in [0.1, 0.15) is 18.1 Å². The van der Waals surface area contributed by atoms with E-state index in [1.165, 1.54) is 5.56 Å². The summed E-state index contributed by atoms with van der Waals surface area (Å²) in [6.07, 6.45) is 0.970. The first-order chi connectivity index (χ1) is 11.3. The molecule has 0 aliphatic carbocycles. The molecule has 0 saturated carbocycles. The molecule has 23 heavy (non-hydrogen) atoms. The van der Waals surface area contributed by atoms with Crippen molar-refractivity contribution in [2.45, 2.75) is 19.9 Å². The van der Waals surface area contributed by atoms with Crippen LogP contribution in [0.4, 0.5) is 0 Å². The minimum Gasteiger partial charge on any atom is -0.497 e. The van der Waals surface area contributed by atoms with E-state index in [1.54, 1.807) is 14.2 Å². The van der Waals surface area contributed by atoms with Gasteiger partial charge in [-0.3, -0.25) is 0 Å². The maximum Gasteiger partial charge on any atom is 0.165 e. The molecule has 2 aromatic carbocycles. The molecule has 0 aliphatic heterocycles. The lowest BCUT2D eigenvalue weighted by Gasteiger charge is -2.14. The number of ether oxygens (including phenoxy) is 3. The molecule has 0 radical (unpaired) electrons. The van der Waals surface area contributed by atoms with Gasteiger partial charge < -0.3 is 19.5 Å². The summed E-state index contributed by atoms with van der Waals surface area (Å²) >= 11 is 0. The van der Waals surface area contributed by atoms with Crippen LogP contribution in [0.15, 0.2) is 42.5 Å². The Hall–Kier alpha value is -2.20. The molecule has 4 heteroatoms. The second-order valence-electron chi connectivity index (χ2n) is 5.16. The molecule has 0 amide bonds. The molecule has 1 N–H and O–H groups in total. The minimum atomic E-state index is 0.624. The molecule has 0 fully saturated rings. The maximum atomic E-state index is 5.72. The van der Waals surface area contributed by atoms with Gasteiger partial charge >= 0.3 is 0 Å². The smallest absolute Gasteiger partial charge is 0.165 e. The van der Waals surface area contributed by atoms with Gasteiger partial charge in [0.2, 0.25) is 0 Å². The number of rotatable bonds is 9. The molecule has 0 heterocycles. The third kappa shape index (κ3) is 4.89. The van der Waals surface area contributed by atoms with E-state index in [1.807, 2.05) is 31.2 Å². The standard InChI is InChI=1S/C19H25NO3/c1-4-23-19-16(6-5-7-18(19)22-3)14-20-13-12-15-8-10-17(21-2)11-9-15/h5-11,20H,4,12-14H2,1-3H3. The summed E-state index contributed by atoms with van der Waals surface area (Å²) in [5.41, 5.74) is 2.40. The average molecular weight is 315 g/mol. The van der Waals surface area contributed by atoms with Crippen molar-refractivity contribution in [2.75, 3.05) is 27.4 Å². The molecular weight excluding hydrogens is 290 g/mol. The molecule has 0 bridgehead atoms. The summed E-state index contributed by atoms with van der Waals surface area (Å²) in [7, 11) is 3.35. The van der Waals surface area contributed by atoms with Crippen molar-refractivity contribution in [3.05, 3.63) is 53.6 Å². The van der Waals surface area contributed by atoms with Gasteiger partial charge in [0.05, 0.1) is 20.8 Å². The van der Waals surface area contributed by atoms with E-state index in [9.17, 15) is 0 Å². The van der Waals surface area contributed by atoms with Crippen molar-refractivity contribution in [1.29, 1.82) is 0 Å². The summed E-state index contributed by atoms with van der Waals surface area (Å²) < 4.78 is 16.3. The van der Waals surface area contributed by atoms with Gasteiger partial charge in [0.1, 0.15) is 5.75 Å². The second-order valence-corrected chi connectivity index (χ2v) is 5.16. The van der Waals surface area contributed by atoms with Crippen LogP contribution in [0.3, 0.4) is 0 Å². The topological polar surface area (TPSA) is 39.7 Å². The van der Waals surface area contributed by atoms with Crippen LogP contribution in [-0.4, -0.2) is 27.4 Å². The Kier molecular flexibility index (Phi) is 6.76. The Morgan fingerprint density at radius 3 is 2.39 bits per heavy atom. The molecule has 2 rings (SSSR count). The molecule has 0 atom stereocenters. The third-order valence-corrected chi connectivity index (χ3v) is 3.63. The van der Waals surface area contributed by atoms with Crippen molar-refractivity contribution in [1.82, 2.24) is 5.32 Å². The lowest BCUT2D eigenvalue weighted by atomic mass is 10.1. The van der Waals surface area contributed by atoms with Gasteiger partial charge in [-0.2, -0.15) is 0 Å². The fraction of sp³-hybridized carbons (Fsp3) is 0.368. The Bertz CT molecular complexity index is 596. The van der Waals surface area contributed by atoms with Crippen LogP contribution < -0.4 is 19.5 Å². The Labute approximate surface area is 138 Å². The molecule has 4 nitrogen and oxygen atoms in total. The zero-order valence-corrected chi connectivity index (χ0v) is 14.1. The van der Waals surface area contributed by atoms with Gasteiger partial charge in [-0.15, -0.1) is 0 Å². The highest BCUT2D eigenvalue weighted by molar-refractivity contribution is 5.46. The lowest BCUT2D eigenvalue weighted by molar-refractivity contribution is 0.307. The van der Waals surface area contributed by atoms with Gasteiger partial charge in [-0.05, 0) is 43.7 Å². The fourth-order valence-electron chi connectivity index (χ4n) is 2.42. The average Bonchev–Trinajstić information content (AvgIpc) is 2.60. The largest absolute Gasteiger partial charge is 0.497 e. The zero-order valence-electron chi connectivity index (χ0n) is 14.1. The van der Waals surface area contributed by atoms with Crippen LogP contribution in [0.2, 0.25) is 0 Å². The number of hydrogen-bond acceptors (Lipinski definition) is 4. The number of methoxy groups -OCH3 is 2. The maximum absolute atomic E-state index is 5.72. The van der Waals surface area contributed by atoms with Crippen molar-refractivity contribution in [2.24, 2.45) is 0 Å². The van der Waals surface area contributed by atoms with Crippen LogP contribution >= 0.6 is 0 Å². The highest BCUT2D eigenvalue weighted by Gasteiger charge is 2.09. The van der Waals surface area contributed by atoms with Gasteiger partial charge in [-0.1, -0.05) is 24.3 Å². The molecule has 0 spiro atoms. The van der Waals surface area contributed by atoms with E-state index in [2.05, 4.69) is 23.5 Å². The quantitative estimate of drug-likeness (QED) is 0.720. The number of hydrogen-bond donors (Lipinski definition) is 1. The van der Waals surface area contributed by atoms with Gasteiger partial charge in [-0.25, -0.2) is 0 Å². The van der Waals surface area contributed by atoms with Crippen molar-refractivity contribution >= 4 is 0 Å². The number of para-hydroxylation sites is 1. The summed E-state index contributed by atoms with van der Waals surface area (Å²) in [6.45, 7) is 4.25. The first-order valence-corrected chi connectivity index (χ1v) is 7.90. The Morgan fingerprint density at radius 2 is 1.74 bits per heavy atom. The molecule has 0 aliphatic rings. The van der Waals surface area contributed by atoms with E-state index in [4.69, 9.17) is 14.2 Å². The van der Waals surface area contributed by atoms with Gasteiger partial charge in [0, 0.05) is 12.1 Å². The molecule has 0 aromatic heterocycles. The predicted molar refractivity (Wildman–Crippen MR) is 92.6 cm³/mol. The Balaban J connectivity index is 1.88. The molecule has 124 valence electrons. The normalized spacial score (nSPS) is 10.4. The first-order valence-electron chi connectivity index (χ1n) is 7.90. The third-order valence-electron chi connectivity index (χ3n) is 3.63. The van der Waals surface area contributed by atoms with Crippen LogP contribution in [-0.2, 0) is 13.0 Å². The zero-order chi connectivity index (χ0) is 16.5. The Morgan fingerprint density at radius 1 is 0.957 bits per heavy atom. The SMILES string of the molecule is CCOc1c(CNCCc2ccc(OC)cc2)cccc1OC. The number of benzene rings is 2. The van der Waals surface area contributed by atoms with Crippen molar-refractivity contribution < 1.29 is 14.2 Å². The summed E-state index contributed by atoms with van der Waals surface area (Å²) in [5, 5.41) is 3.46. The van der Waals surface area contributed by atoms with E-state index >= 15 is 0 Å². The molecule has 2 aromatic rings. The van der Waals surface area contributed by atoms with Crippen molar-refractivity contribution in [3.8, 4) is 17.2 Å². The van der Waals surface area contributed by atoms with E-state index in [0.717, 1.165) is 42.3 Å². The van der Waals surface area contributed by atoms with E-state index in [0.29, 0.717) is 6.61 Å². The van der Waals surface area contributed by atoms with E-state index < -0.39 is 0 Å². The molecular formula is C19H25NO3. The van der Waals surface area contributed by atoms with Crippen LogP contribution in [0, 0.1) is 0 Å². The summed E-state index contributed by atoms with van der Waals surface area (Å²) in [6, 6.07) is 14.1. The monoisotopic (exact) mass is 315 g/mol. The summed E-state index contributed by atoms with van der Waals surface area (Å²) in [4.78, 5) is 0. The predicted octanol–water partition coefficient (Wildman–Crippen LogP) is 3.43. The minimum absolute atomic E-state index is 0.624. The fourth-order valence-corrected chi connectivity index (χ4v) is 2.42. The second kappa shape index (κ2) is 9.06. The van der Waals surface area contributed by atoms with Crippen LogP contribution in [0.5, 0.6) is 17.2 Å². The van der Waals surface area contributed by atoms with Crippen molar-refractivity contribution in [3.63, 3.8) is 0 Å².